The molecule has 0 saturated carbocycles. The van der Waals surface area contributed by atoms with E-state index in [2.05, 4.69) is 15.9 Å². The first-order chi connectivity index (χ1) is 23.2. The molecule has 1 aliphatic heterocycles. The average Bonchev–Trinajstić information content (AvgIpc) is 3.64. The number of carbonyl (C=O) groups is 2. The molecule has 9 nitrogen and oxygen atoms in total. The van der Waals surface area contributed by atoms with E-state index in [9.17, 15) is 20.0 Å². The summed E-state index contributed by atoms with van der Waals surface area (Å²) >= 11 is 12.7. The number of ether oxygens (including phenoxy) is 1. The molecule has 11 heteroatoms. The molecule has 0 unspecified atom stereocenters. The van der Waals surface area contributed by atoms with Crippen molar-refractivity contribution >= 4 is 45.9 Å². The Labute approximate surface area is 291 Å². The molecular weight excluding hydrogens is 651 g/mol. The number of esters is 1. The summed E-state index contributed by atoms with van der Waals surface area (Å²) in [4.78, 5) is 31.9. The van der Waals surface area contributed by atoms with Crippen LogP contribution in [0.2, 0.25) is 10.0 Å². The van der Waals surface area contributed by atoms with E-state index in [1.54, 1.807) is 49.4 Å². The highest BCUT2D eigenvalue weighted by Crippen LogP contribution is 2.31. The van der Waals surface area contributed by atoms with Gasteiger partial charge in [0.25, 0.3) is 5.91 Å². The second-order valence-electron chi connectivity index (χ2n) is 12.1. The number of benzene rings is 3. The van der Waals surface area contributed by atoms with Crippen LogP contribution < -0.4 is 0 Å². The van der Waals surface area contributed by atoms with Crippen LogP contribution in [0.3, 0.4) is 0 Å². The van der Waals surface area contributed by atoms with Crippen molar-refractivity contribution in [2.45, 2.75) is 37.8 Å². The highest BCUT2D eigenvalue weighted by molar-refractivity contribution is 6.42. The Morgan fingerprint density at radius 3 is 2.50 bits per heavy atom. The number of likely N-dealkylation sites (N-methyl/N-ethyl adjacent to an activating group) is 1. The summed E-state index contributed by atoms with van der Waals surface area (Å²) in [6.07, 6.45) is 1.65. The molecule has 48 heavy (non-hydrogen) atoms. The second-order valence-corrected chi connectivity index (χ2v) is 13.0. The Bertz CT molecular complexity index is 1750. The molecule has 0 radical (unpaired) electrons. The lowest BCUT2D eigenvalue weighted by Crippen LogP contribution is -2.51. The van der Waals surface area contributed by atoms with Crippen LogP contribution in [0, 0.1) is 11.3 Å². The van der Waals surface area contributed by atoms with Crippen molar-refractivity contribution in [3.05, 3.63) is 105 Å². The SMILES string of the molecule is CCC(=O)OC[C@@H](O)[C@H](c1ccco1)N1CCN(CC[C@H](CN(C)C(=O)c2cc(C#N)cc3ccccc23)c2ccc(Cl)c(Cl)c2)CC1. The number of fused-ring (bicyclic) bond motifs is 1. The van der Waals surface area contributed by atoms with Gasteiger partial charge in [-0.2, -0.15) is 5.26 Å². The molecule has 5 rings (SSSR count). The molecule has 1 aliphatic rings. The maximum Gasteiger partial charge on any atom is 0.305 e. The first-order valence-electron chi connectivity index (χ1n) is 16.1. The number of aliphatic hydroxyl groups is 1. The van der Waals surface area contributed by atoms with Gasteiger partial charge in [-0.25, -0.2) is 0 Å². The van der Waals surface area contributed by atoms with Gasteiger partial charge in [0.2, 0.25) is 0 Å². The molecule has 4 aromatic rings. The Morgan fingerprint density at radius 2 is 1.81 bits per heavy atom. The molecule has 1 amide bonds. The summed E-state index contributed by atoms with van der Waals surface area (Å²) in [5.41, 5.74) is 1.92. The summed E-state index contributed by atoms with van der Waals surface area (Å²) in [7, 11) is 1.79. The quantitative estimate of drug-likeness (QED) is 0.158. The maximum absolute atomic E-state index is 13.9. The molecule has 1 aromatic heterocycles. The van der Waals surface area contributed by atoms with Gasteiger partial charge in [-0.15, -0.1) is 0 Å². The molecule has 2 heterocycles. The molecule has 1 saturated heterocycles. The molecular formula is C37H40Cl2N4O5. The lowest BCUT2D eigenvalue weighted by molar-refractivity contribution is -0.148. The number of hydrogen-bond acceptors (Lipinski definition) is 8. The minimum atomic E-state index is -0.934. The number of furan rings is 1. The van der Waals surface area contributed by atoms with Gasteiger partial charge in [-0.1, -0.05) is 60.5 Å². The number of rotatable bonds is 13. The van der Waals surface area contributed by atoms with E-state index < -0.39 is 12.1 Å². The number of piperazine rings is 1. The van der Waals surface area contributed by atoms with E-state index in [1.165, 1.54) is 0 Å². The zero-order valence-corrected chi connectivity index (χ0v) is 28.7. The van der Waals surface area contributed by atoms with Crippen molar-refractivity contribution in [3.63, 3.8) is 0 Å². The van der Waals surface area contributed by atoms with E-state index in [0.717, 1.165) is 42.4 Å². The molecule has 1 fully saturated rings. The summed E-state index contributed by atoms with van der Waals surface area (Å²) in [5, 5.41) is 23.2. The number of halogens is 2. The summed E-state index contributed by atoms with van der Waals surface area (Å²) < 4.78 is 10.9. The Balaban J connectivity index is 1.27. The Hall–Kier alpha value is -3.91. The van der Waals surface area contributed by atoms with E-state index in [0.29, 0.717) is 46.6 Å². The second kappa shape index (κ2) is 16.5. The highest BCUT2D eigenvalue weighted by Gasteiger charge is 2.33. The Kier molecular flexibility index (Phi) is 12.1. The number of carbonyl (C=O) groups excluding carboxylic acids is 2. The lowest BCUT2D eigenvalue weighted by Gasteiger charge is -2.40. The third-order valence-corrected chi connectivity index (χ3v) is 9.71. The van der Waals surface area contributed by atoms with Crippen LogP contribution in [-0.4, -0.2) is 90.7 Å². The minimum Gasteiger partial charge on any atom is -0.468 e. The summed E-state index contributed by atoms with van der Waals surface area (Å²) in [6, 6.07) is 22.0. The van der Waals surface area contributed by atoms with Crippen molar-refractivity contribution in [3.8, 4) is 6.07 Å². The molecule has 0 aliphatic carbocycles. The van der Waals surface area contributed by atoms with Gasteiger partial charge in [0.15, 0.2) is 0 Å². The fourth-order valence-electron chi connectivity index (χ4n) is 6.35. The fourth-order valence-corrected chi connectivity index (χ4v) is 6.65. The van der Waals surface area contributed by atoms with Gasteiger partial charge in [0, 0.05) is 57.7 Å². The van der Waals surface area contributed by atoms with Crippen LogP contribution in [0.1, 0.15) is 59.0 Å². The highest BCUT2D eigenvalue weighted by atomic mass is 35.5. The molecule has 0 bridgehead atoms. The number of amides is 1. The molecule has 3 atom stereocenters. The predicted molar refractivity (Wildman–Crippen MR) is 186 cm³/mol. The number of nitrogens with zero attached hydrogens (tertiary/aromatic N) is 4. The average molecular weight is 692 g/mol. The first kappa shape index (κ1) is 35.4. The van der Waals surface area contributed by atoms with Gasteiger partial charge in [-0.3, -0.25) is 14.5 Å². The zero-order valence-electron chi connectivity index (χ0n) is 27.1. The number of hydrogen-bond donors (Lipinski definition) is 1. The van der Waals surface area contributed by atoms with Crippen LogP contribution in [-0.2, 0) is 9.53 Å². The van der Waals surface area contributed by atoms with Crippen LogP contribution in [0.25, 0.3) is 10.8 Å². The topological polar surface area (TPSA) is 110 Å². The third kappa shape index (κ3) is 8.56. The lowest BCUT2D eigenvalue weighted by atomic mass is 9.94. The van der Waals surface area contributed by atoms with Crippen molar-refractivity contribution in [1.82, 2.24) is 14.7 Å². The van der Waals surface area contributed by atoms with Crippen LogP contribution in [0.4, 0.5) is 0 Å². The fraction of sp³-hybridized carbons (Fsp3) is 0.378. The predicted octanol–water partition coefficient (Wildman–Crippen LogP) is 6.53. The van der Waals surface area contributed by atoms with Crippen molar-refractivity contribution < 1.29 is 23.8 Å². The van der Waals surface area contributed by atoms with Crippen LogP contribution >= 0.6 is 23.2 Å². The van der Waals surface area contributed by atoms with Crippen molar-refractivity contribution in [1.29, 1.82) is 5.26 Å². The molecule has 3 aromatic carbocycles. The van der Waals surface area contributed by atoms with E-state index in [1.807, 2.05) is 42.5 Å². The van der Waals surface area contributed by atoms with Gasteiger partial charge < -0.3 is 24.1 Å². The first-order valence-corrected chi connectivity index (χ1v) is 16.9. The van der Waals surface area contributed by atoms with E-state index in [4.69, 9.17) is 32.4 Å². The largest absolute Gasteiger partial charge is 0.468 e. The van der Waals surface area contributed by atoms with Gasteiger partial charge in [0.1, 0.15) is 18.5 Å². The van der Waals surface area contributed by atoms with Gasteiger partial charge in [-0.05, 0) is 65.7 Å². The van der Waals surface area contributed by atoms with Crippen LogP contribution in [0.5, 0.6) is 0 Å². The maximum atomic E-state index is 13.9. The summed E-state index contributed by atoms with van der Waals surface area (Å²) in [6.45, 7) is 5.71. The normalized spacial score (nSPS) is 15.8. The third-order valence-electron chi connectivity index (χ3n) is 8.97. The molecule has 1 N–H and O–H groups in total. The van der Waals surface area contributed by atoms with E-state index in [-0.39, 0.29) is 30.8 Å². The van der Waals surface area contributed by atoms with Gasteiger partial charge >= 0.3 is 5.97 Å². The minimum absolute atomic E-state index is 0.0388. The number of nitriles is 1. The molecule has 252 valence electrons. The van der Waals surface area contributed by atoms with Gasteiger partial charge in [0.05, 0.1) is 34.0 Å². The van der Waals surface area contributed by atoms with Crippen molar-refractivity contribution in [2.24, 2.45) is 0 Å². The molecule has 0 spiro atoms. The van der Waals surface area contributed by atoms with Crippen LogP contribution in [0.15, 0.2) is 77.4 Å². The van der Waals surface area contributed by atoms with E-state index >= 15 is 0 Å². The van der Waals surface area contributed by atoms with Crippen molar-refractivity contribution in [2.75, 3.05) is 52.9 Å². The monoisotopic (exact) mass is 690 g/mol. The number of aliphatic hydroxyl groups excluding tert-OH is 1. The zero-order chi connectivity index (χ0) is 34.2. The Morgan fingerprint density at radius 1 is 1.04 bits per heavy atom. The standard InChI is InChI=1S/C37H40Cl2N4O5/c1-3-35(45)48-24-33(44)36(34-9-6-18-47-34)43-16-14-42(15-17-43)13-12-28(26-10-11-31(38)32(39)21-26)23-41(2)37(46)30-20-25(22-40)19-27-7-4-5-8-29(27)30/h4-11,18-21,28,33,36,44H,3,12-17,23-24H2,1-2H3/t28-,33-,36-/m1/s1. The smallest absolute Gasteiger partial charge is 0.305 e. The summed E-state index contributed by atoms with van der Waals surface area (Å²) in [5.74, 6) is 0.0751.